The van der Waals surface area contributed by atoms with E-state index >= 15 is 0 Å². The van der Waals surface area contributed by atoms with Crippen LogP contribution in [0.2, 0.25) is 0 Å². The van der Waals surface area contributed by atoms with E-state index in [1.54, 1.807) is 0 Å². The van der Waals surface area contributed by atoms with Gasteiger partial charge in [-0.2, -0.15) is 0 Å². The average Bonchev–Trinajstić information content (AvgIpc) is 3.10. The van der Waals surface area contributed by atoms with Crippen LogP contribution in [0.25, 0.3) is 22.2 Å². The molecule has 5 nitrogen and oxygen atoms in total. The molecule has 0 aromatic carbocycles. The summed E-state index contributed by atoms with van der Waals surface area (Å²) in [5.41, 5.74) is 5.43. The number of thiazole rings is 1. The summed E-state index contributed by atoms with van der Waals surface area (Å²) >= 11 is 1.83. The van der Waals surface area contributed by atoms with Gasteiger partial charge in [-0.3, -0.25) is 9.88 Å². The standard InChI is InChI=1S/C24H25N5S/c1-16-23(30-17(2)27-16)15-29-11-7-19(8-12-29)22-4-3-20-13-21(14-26-24(20)28-22)18-5-9-25-10-6-18/h3-6,9-10,13-14,19H,7-8,11-12,15H2,1-2H3. The van der Waals surface area contributed by atoms with Crippen LogP contribution < -0.4 is 0 Å². The van der Waals surface area contributed by atoms with Crippen molar-refractivity contribution < 1.29 is 0 Å². The van der Waals surface area contributed by atoms with Crippen LogP contribution in [-0.2, 0) is 6.54 Å². The normalized spacial score (nSPS) is 15.7. The zero-order valence-corrected chi connectivity index (χ0v) is 18.2. The van der Waals surface area contributed by atoms with Gasteiger partial charge in [-0.05, 0) is 75.7 Å². The molecule has 0 bridgehead atoms. The maximum atomic E-state index is 4.91. The molecule has 1 aliphatic heterocycles. The maximum Gasteiger partial charge on any atom is 0.159 e. The summed E-state index contributed by atoms with van der Waals surface area (Å²) in [5, 5.41) is 2.25. The molecule has 1 fully saturated rings. The number of piperidine rings is 1. The van der Waals surface area contributed by atoms with Gasteiger partial charge in [0.1, 0.15) is 0 Å². The lowest BCUT2D eigenvalue weighted by atomic mass is 9.92. The molecule has 0 amide bonds. The zero-order valence-electron chi connectivity index (χ0n) is 17.4. The van der Waals surface area contributed by atoms with E-state index in [1.807, 2.05) is 42.1 Å². The second-order valence-electron chi connectivity index (χ2n) is 8.03. The van der Waals surface area contributed by atoms with Crippen LogP contribution in [0.15, 0.2) is 48.9 Å². The predicted molar refractivity (Wildman–Crippen MR) is 122 cm³/mol. The Morgan fingerprint density at radius 2 is 1.80 bits per heavy atom. The molecule has 6 heteroatoms. The summed E-state index contributed by atoms with van der Waals surface area (Å²) in [6.45, 7) is 7.45. The SMILES string of the molecule is Cc1nc(C)c(CN2CCC(c3ccc4cc(-c5ccncc5)cnc4n3)CC2)s1. The first-order valence-electron chi connectivity index (χ1n) is 10.5. The molecule has 1 aliphatic rings. The number of nitrogens with zero attached hydrogens (tertiary/aromatic N) is 5. The van der Waals surface area contributed by atoms with E-state index in [1.165, 1.54) is 16.3 Å². The molecule has 5 rings (SSSR count). The van der Waals surface area contributed by atoms with Crippen LogP contribution in [0.1, 0.15) is 40.0 Å². The van der Waals surface area contributed by atoms with Crippen LogP contribution >= 0.6 is 11.3 Å². The lowest BCUT2D eigenvalue weighted by Crippen LogP contribution is -2.32. The Balaban J connectivity index is 1.28. The molecule has 4 aromatic heterocycles. The Morgan fingerprint density at radius 1 is 1.00 bits per heavy atom. The summed E-state index contributed by atoms with van der Waals surface area (Å²) < 4.78 is 0. The predicted octanol–water partition coefficient (Wildman–Crippen LogP) is 5.14. The van der Waals surface area contributed by atoms with Gasteiger partial charge in [0.25, 0.3) is 0 Å². The van der Waals surface area contributed by atoms with Gasteiger partial charge in [0.2, 0.25) is 0 Å². The number of hydrogen-bond acceptors (Lipinski definition) is 6. The van der Waals surface area contributed by atoms with Gasteiger partial charge in [0, 0.05) is 52.6 Å². The molecule has 1 saturated heterocycles. The minimum atomic E-state index is 0.511. The Bertz CT molecular complexity index is 1160. The maximum absolute atomic E-state index is 4.91. The Kier molecular flexibility index (Phi) is 5.27. The van der Waals surface area contributed by atoms with Crippen molar-refractivity contribution >= 4 is 22.4 Å². The molecule has 5 heterocycles. The molecule has 0 spiro atoms. The molecule has 30 heavy (non-hydrogen) atoms. The number of hydrogen-bond donors (Lipinski definition) is 0. The van der Waals surface area contributed by atoms with E-state index in [-0.39, 0.29) is 0 Å². The van der Waals surface area contributed by atoms with E-state index in [0.717, 1.165) is 59.6 Å². The summed E-state index contributed by atoms with van der Waals surface area (Å²) in [6.07, 6.45) is 7.82. The highest BCUT2D eigenvalue weighted by Gasteiger charge is 2.23. The second kappa shape index (κ2) is 8.20. The zero-order chi connectivity index (χ0) is 20.5. The third-order valence-corrected chi connectivity index (χ3v) is 7.01. The first kappa shape index (κ1) is 19.3. The van der Waals surface area contributed by atoms with Crippen LogP contribution in [0.4, 0.5) is 0 Å². The fraction of sp³-hybridized carbons (Fsp3) is 0.333. The molecule has 0 radical (unpaired) electrons. The highest BCUT2D eigenvalue weighted by atomic mass is 32.1. The molecule has 0 unspecified atom stereocenters. The molecule has 152 valence electrons. The Labute approximate surface area is 180 Å². The van der Waals surface area contributed by atoms with E-state index in [4.69, 9.17) is 4.98 Å². The Hall–Kier alpha value is -2.70. The van der Waals surface area contributed by atoms with Gasteiger partial charge in [-0.15, -0.1) is 11.3 Å². The highest BCUT2D eigenvalue weighted by Crippen LogP contribution is 2.30. The largest absolute Gasteiger partial charge is 0.298 e. The van der Waals surface area contributed by atoms with Crippen LogP contribution in [0, 0.1) is 13.8 Å². The first-order valence-corrected chi connectivity index (χ1v) is 11.3. The fourth-order valence-corrected chi connectivity index (χ4v) is 5.24. The number of likely N-dealkylation sites (tertiary alicyclic amines) is 1. The third kappa shape index (κ3) is 3.98. The van der Waals surface area contributed by atoms with Crippen LogP contribution in [-0.4, -0.2) is 37.9 Å². The average molecular weight is 416 g/mol. The van der Waals surface area contributed by atoms with Crippen molar-refractivity contribution in [1.82, 2.24) is 24.8 Å². The monoisotopic (exact) mass is 415 g/mol. The summed E-state index contributed by atoms with van der Waals surface area (Å²) in [6, 6.07) is 10.5. The number of aromatic nitrogens is 4. The summed E-state index contributed by atoms with van der Waals surface area (Å²) in [7, 11) is 0. The van der Waals surface area contributed by atoms with E-state index in [2.05, 4.69) is 51.9 Å². The molecular formula is C24H25N5S. The van der Waals surface area contributed by atoms with Gasteiger partial charge in [-0.25, -0.2) is 15.0 Å². The molecular weight excluding hydrogens is 390 g/mol. The van der Waals surface area contributed by atoms with Gasteiger partial charge < -0.3 is 0 Å². The quantitative estimate of drug-likeness (QED) is 0.462. The lowest BCUT2D eigenvalue weighted by Gasteiger charge is -2.31. The Morgan fingerprint density at radius 3 is 2.53 bits per heavy atom. The van der Waals surface area contributed by atoms with Crippen molar-refractivity contribution in [2.45, 2.75) is 39.2 Å². The van der Waals surface area contributed by atoms with Gasteiger partial charge in [-0.1, -0.05) is 0 Å². The molecule has 0 N–H and O–H groups in total. The van der Waals surface area contributed by atoms with Crippen LogP contribution in [0.5, 0.6) is 0 Å². The fourth-order valence-electron chi connectivity index (χ4n) is 4.27. The van der Waals surface area contributed by atoms with Crippen molar-refractivity contribution in [3.63, 3.8) is 0 Å². The van der Waals surface area contributed by atoms with E-state index < -0.39 is 0 Å². The number of rotatable bonds is 4. The summed E-state index contributed by atoms with van der Waals surface area (Å²) in [4.78, 5) is 22.2. The number of fused-ring (bicyclic) bond motifs is 1. The smallest absolute Gasteiger partial charge is 0.159 e. The second-order valence-corrected chi connectivity index (χ2v) is 9.32. The van der Waals surface area contributed by atoms with E-state index in [9.17, 15) is 0 Å². The molecule has 0 aliphatic carbocycles. The van der Waals surface area contributed by atoms with Gasteiger partial charge in [0.15, 0.2) is 5.65 Å². The third-order valence-electron chi connectivity index (χ3n) is 5.95. The van der Waals surface area contributed by atoms with Crippen molar-refractivity contribution in [3.8, 4) is 11.1 Å². The van der Waals surface area contributed by atoms with Crippen LogP contribution in [0.3, 0.4) is 0 Å². The molecule has 0 atom stereocenters. The number of pyridine rings is 3. The van der Waals surface area contributed by atoms with E-state index in [0.29, 0.717) is 5.92 Å². The van der Waals surface area contributed by atoms with Crippen molar-refractivity contribution in [2.75, 3.05) is 13.1 Å². The van der Waals surface area contributed by atoms with Gasteiger partial charge in [0.05, 0.1) is 10.7 Å². The van der Waals surface area contributed by atoms with Crippen molar-refractivity contribution in [2.24, 2.45) is 0 Å². The van der Waals surface area contributed by atoms with Crippen molar-refractivity contribution in [3.05, 3.63) is 70.2 Å². The van der Waals surface area contributed by atoms with Gasteiger partial charge >= 0.3 is 0 Å². The first-order chi connectivity index (χ1) is 14.7. The number of aryl methyl sites for hydroxylation is 2. The molecule has 0 saturated carbocycles. The lowest BCUT2D eigenvalue weighted by molar-refractivity contribution is 0.204. The highest BCUT2D eigenvalue weighted by molar-refractivity contribution is 7.11. The van der Waals surface area contributed by atoms with Crippen molar-refractivity contribution in [1.29, 1.82) is 0 Å². The summed E-state index contributed by atoms with van der Waals surface area (Å²) in [5.74, 6) is 0.511. The minimum absolute atomic E-state index is 0.511. The molecule has 4 aromatic rings. The minimum Gasteiger partial charge on any atom is -0.298 e. The topological polar surface area (TPSA) is 54.8 Å².